The van der Waals surface area contributed by atoms with Crippen LogP contribution in [0.25, 0.3) is 0 Å². The molecule has 11 heteroatoms. The van der Waals surface area contributed by atoms with Gasteiger partial charge in [0.05, 0.1) is 0 Å². The summed E-state index contributed by atoms with van der Waals surface area (Å²) in [5.41, 5.74) is 2.73. The van der Waals surface area contributed by atoms with Gasteiger partial charge in [-0.1, -0.05) is 0 Å². The number of hydrogen-bond donors (Lipinski definition) is 2. The van der Waals surface area contributed by atoms with Crippen LogP contribution in [0.2, 0.25) is 0 Å². The predicted molar refractivity (Wildman–Crippen MR) is 182 cm³/mol. The van der Waals surface area contributed by atoms with Gasteiger partial charge in [-0.15, -0.1) is 0 Å². The van der Waals surface area contributed by atoms with Crippen molar-refractivity contribution in [3.8, 4) is 0 Å². The molecule has 0 aliphatic rings. The quantitative estimate of drug-likeness (QED) is 0.118. The van der Waals surface area contributed by atoms with E-state index in [1.165, 1.54) is 0 Å². The molecule has 2 amide bonds. The summed E-state index contributed by atoms with van der Waals surface area (Å²) in [4.78, 5) is 51.4. The molecule has 0 heterocycles. The Balaban J connectivity index is 1.55. The molecule has 0 aliphatic heterocycles. The van der Waals surface area contributed by atoms with Crippen LogP contribution in [0, 0.1) is 0 Å². The second kappa shape index (κ2) is 16.9. The molecule has 0 spiro atoms. The average Bonchev–Trinajstić information content (AvgIpc) is 3.02. The maximum absolute atomic E-state index is 13.2. The molecule has 4 aromatic carbocycles. The molecule has 4 rings (SSSR count). The molecule has 228 valence electrons. The van der Waals surface area contributed by atoms with Gasteiger partial charge in [-0.25, -0.2) is 0 Å². The molecule has 45 heavy (non-hydrogen) atoms. The third kappa shape index (κ3) is 11.8. The Kier molecular flexibility index (Phi) is 12.7. The summed E-state index contributed by atoms with van der Waals surface area (Å²) in [6.07, 6.45) is 4.18. The summed E-state index contributed by atoms with van der Waals surface area (Å²) in [7, 11) is 0. The first-order valence-electron chi connectivity index (χ1n) is 13.7. The van der Waals surface area contributed by atoms with Crippen LogP contribution in [0.15, 0.2) is 142 Å². The van der Waals surface area contributed by atoms with E-state index in [1.54, 1.807) is 48.5 Å². The van der Waals surface area contributed by atoms with E-state index in [-0.39, 0.29) is 8.87 Å². The number of carbonyl (C=O) groups excluding carboxylic acids is 4. The molecule has 0 fully saturated rings. The van der Waals surface area contributed by atoms with Gasteiger partial charge < -0.3 is 0 Å². The average molecular weight is 839 g/mol. The molecule has 0 aliphatic carbocycles. The standard InChI is InChI=1S/2C10H8BrNO3.2C7H7.Sn/c2*11-7-1-3-8(4-2-7)12-9(13)5-6-10(14)15;2*1-7-5-3-2-4-6-7;/h2*1-6H,(H,12,13)(H,14,15);2*2-6H,1H2;/q;;;;+2/p-2/b2*6-5+;;;. The molecule has 0 atom stereocenters. The minimum absolute atomic E-state index is 0.208. The van der Waals surface area contributed by atoms with Crippen LogP contribution < -0.4 is 10.6 Å². The topological polar surface area (TPSA) is 111 Å². The number of anilines is 2. The van der Waals surface area contributed by atoms with Crippen LogP contribution in [-0.4, -0.2) is 43.0 Å². The molecule has 0 radical (unpaired) electrons. The Bertz CT molecular complexity index is 1550. The van der Waals surface area contributed by atoms with Crippen molar-refractivity contribution in [2.75, 3.05) is 10.6 Å². The van der Waals surface area contributed by atoms with E-state index in [9.17, 15) is 19.2 Å². The van der Waals surface area contributed by atoms with Crippen molar-refractivity contribution in [3.63, 3.8) is 0 Å². The summed E-state index contributed by atoms with van der Waals surface area (Å²) >= 11 is 1.90. The fraction of sp³-hybridized carbons (Fsp3) is 0.0588. The zero-order valence-electron chi connectivity index (χ0n) is 23.8. The van der Waals surface area contributed by atoms with E-state index in [4.69, 9.17) is 6.15 Å². The van der Waals surface area contributed by atoms with Gasteiger partial charge in [0.2, 0.25) is 0 Å². The van der Waals surface area contributed by atoms with Gasteiger partial charge >= 0.3 is 285 Å². The maximum atomic E-state index is 13.2. The van der Waals surface area contributed by atoms with Crippen molar-refractivity contribution in [2.24, 2.45) is 0 Å². The van der Waals surface area contributed by atoms with Gasteiger partial charge in [0.25, 0.3) is 0 Å². The Morgan fingerprint density at radius 1 is 0.533 bits per heavy atom. The first kappa shape index (κ1) is 33.9. The van der Waals surface area contributed by atoms with E-state index in [1.807, 2.05) is 60.7 Å². The second-order valence-corrected chi connectivity index (χ2v) is 19.9. The van der Waals surface area contributed by atoms with E-state index in [2.05, 4.69) is 42.5 Å². The Morgan fingerprint density at radius 3 is 1.24 bits per heavy atom. The zero-order valence-corrected chi connectivity index (χ0v) is 29.8. The Labute approximate surface area is 282 Å². The fourth-order valence-electron chi connectivity index (χ4n) is 4.20. The van der Waals surface area contributed by atoms with Crippen molar-refractivity contribution in [1.82, 2.24) is 0 Å². The molecular formula is C34H28Br2N2O6Sn. The van der Waals surface area contributed by atoms with E-state index in [0.29, 0.717) is 11.4 Å². The summed E-state index contributed by atoms with van der Waals surface area (Å²) in [5, 5.41) is 5.35. The number of benzene rings is 4. The third-order valence-corrected chi connectivity index (χ3v) is 15.9. The van der Waals surface area contributed by atoms with Gasteiger partial charge in [0.1, 0.15) is 0 Å². The van der Waals surface area contributed by atoms with Crippen molar-refractivity contribution in [2.45, 2.75) is 8.87 Å². The SMILES string of the molecule is O=C(/C=C/C(=O)[O][Sn]([CH2]c1ccccc1)([CH2]c1ccccc1)[O]C(=O)/C=C/C(=O)Nc1ccc(Br)cc1)Nc1ccc(Br)cc1. The van der Waals surface area contributed by atoms with Crippen molar-refractivity contribution in [3.05, 3.63) is 154 Å². The van der Waals surface area contributed by atoms with Crippen LogP contribution in [0.3, 0.4) is 0 Å². The van der Waals surface area contributed by atoms with Gasteiger partial charge in [-0.2, -0.15) is 0 Å². The molecule has 0 saturated carbocycles. The molecular weight excluding hydrogens is 811 g/mol. The number of nitrogens with one attached hydrogen (secondary N) is 2. The first-order valence-corrected chi connectivity index (χ1v) is 21.7. The van der Waals surface area contributed by atoms with Crippen LogP contribution in [0.1, 0.15) is 11.1 Å². The monoisotopic (exact) mass is 838 g/mol. The van der Waals surface area contributed by atoms with Gasteiger partial charge in [-0.05, 0) is 0 Å². The van der Waals surface area contributed by atoms with Gasteiger partial charge in [0, 0.05) is 0 Å². The van der Waals surface area contributed by atoms with Crippen molar-refractivity contribution in [1.29, 1.82) is 0 Å². The predicted octanol–water partition coefficient (Wildman–Crippen LogP) is 6.99. The van der Waals surface area contributed by atoms with E-state index < -0.39 is 43.0 Å². The third-order valence-electron chi connectivity index (χ3n) is 6.17. The molecule has 4 aromatic rings. The number of halogens is 2. The number of hydrogen-bond acceptors (Lipinski definition) is 6. The normalized spacial score (nSPS) is 11.2. The van der Waals surface area contributed by atoms with Crippen LogP contribution >= 0.6 is 31.9 Å². The Morgan fingerprint density at radius 2 is 0.889 bits per heavy atom. The summed E-state index contributed by atoms with van der Waals surface area (Å²) in [5.74, 6) is -2.68. The van der Waals surface area contributed by atoms with Crippen molar-refractivity contribution >= 4 is 86.2 Å². The van der Waals surface area contributed by atoms with E-state index in [0.717, 1.165) is 44.4 Å². The van der Waals surface area contributed by atoms with Gasteiger partial charge in [0.15, 0.2) is 0 Å². The molecule has 8 nitrogen and oxygen atoms in total. The Hall–Kier alpha value is -4.00. The van der Waals surface area contributed by atoms with Gasteiger partial charge in [-0.3, -0.25) is 0 Å². The van der Waals surface area contributed by atoms with E-state index >= 15 is 0 Å². The molecule has 0 aromatic heterocycles. The molecule has 2 N–H and O–H groups in total. The van der Waals surface area contributed by atoms with Crippen LogP contribution in [-0.2, 0) is 34.2 Å². The number of amides is 2. The zero-order chi connectivity index (χ0) is 32.1. The molecule has 0 bridgehead atoms. The number of carbonyl (C=O) groups is 4. The minimum atomic E-state index is -4.79. The fourth-order valence-corrected chi connectivity index (χ4v) is 13.4. The van der Waals surface area contributed by atoms with Crippen LogP contribution in [0.4, 0.5) is 11.4 Å². The number of rotatable bonds is 12. The summed E-state index contributed by atoms with van der Waals surface area (Å²) in [6.45, 7) is 0. The first-order chi connectivity index (χ1) is 21.7. The second-order valence-electron chi connectivity index (χ2n) is 9.74. The summed E-state index contributed by atoms with van der Waals surface area (Å²) in [6, 6.07) is 32.5. The molecule has 0 unspecified atom stereocenters. The molecule has 0 saturated heterocycles. The van der Waals surface area contributed by atoms with Crippen molar-refractivity contribution < 1.29 is 25.3 Å². The summed E-state index contributed by atoms with van der Waals surface area (Å²) < 4.78 is 14.3. The van der Waals surface area contributed by atoms with Crippen LogP contribution in [0.5, 0.6) is 0 Å².